The first-order valence-electron chi connectivity index (χ1n) is 6.81. The summed E-state index contributed by atoms with van der Waals surface area (Å²) in [4.78, 5) is 0. The molecule has 1 saturated carbocycles. The van der Waals surface area contributed by atoms with Crippen molar-refractivity contribution < 1.29 is 9.13 Å². The van der Waals surface area contributed by atoms with E-state index in [1.807, 2.05) is 0 Å². The van der Waals surface area contributed by atoms with Gasteiger partial charge in [0.05, 0.1) is 17.8 Å². The van der Waals surface area contributed by atoms with E-state index in [1.54, 1.807) is 23.9 Å². The Morgan fingerprint density at radius 3 is 2.81 bits per heavy atom. The number of nitrogens with two attached hydrogens (primary N) is 1. The van der Waals surface area contributed by atoms with Crippen LogP contribution in [0, 0.1) is 11.2 Å². The molecule has 1 aromatic heterocycles. The molecule has 3 rings (SSSR count). The molecule has 2 aromatic rings. The Labute approximate surface area is 122 Å². The quantitative estimate of drug-likeness (QED) is 0.876. The summed E-state index contributed by atoms with van der Waals surface area (Å²) in [7, 11) is 1.71. The summed E-state index contributed by atoms with van der Waals surface area (Å²) in [5.74, 6) is 0.149. The van der Waals surface area contributed by atoms with Crippen molar-refractivity contribution in [2.45, 2.75) is 32.4 Å². The Hall–Kier alpha value is -2.02. The van der Waals surface area contributed by atoms with Crippen molar-refractivity contribution in [1.82, 2.24) is 20.2 Å². The second-order valence-electron chi connectivity index (χ2n) is 5.98. The first-order chi connectivity index (χ1) is 9.95. The maximum Gasteiger partial charge on any atom is 0.182 e. The summed E-state index contributed by atoms with van der Waals surface area (Å²) in [5, 5.41) is 11.9. The number of nitrogens with zero attached hydrogens (tertiary/aromatic N) is 4. The number of benzene rings is 1. The molecule has 2 atom stereocenters. The Balaban J connectivity index is 1.97. The minimum absolute atomic E-state index is 0.0650. The minimum Gasteiger partial charge on any atom is -0.396 e. The molecule has 0 amide bonds. The van der Waals surface area contributed by atoms with Crippen LogP contribution in [0.5, 0.6) is 0 Å². The first kappa shape index (κ1) is 13.9. The molecule has 6 nitrogen and oxygen atoms in total. The summed E-state index contributed by atoms with van der Waals surface area (Å²) in [6.07, 6.45) is 1.02. The van der Waals surface area contributed by atoms with Crippen LogP contribution in [-0.2, 0) is 4.74 Å². The summed E-state index contributed by atoms with van der Waals surface area (Å²) in [6.45, 7) is 4.25. The second kappa shape index (κ2) is 4.77. The third-order valence-electron chi connectivity index (χ3n) is 4.45. The van der Waals surface area contributed by atoms with E-state index in [0.717, 1.165) is 6.42 Å². The summed E-state index contributed by atoms with van der Waals surface area (Å²) >= 11 is 0. The molecule has 1 aromatic carbocycles. The van der Waals surface area contributed by atoms with E-state index in [0.29, 0.717) is 11.4 Å². The van der Waals surface area contributed by atoms with Crippen molar-refractivity contribution in [2.24, 2.45) is 5.41 Å². The van der Waals surface area contributed by atoms with Gasteiger partial charge in [-0.3, -0.25) is 0 Å². The number of rotatable bonds is 3. The Kier molecular flexibility index (Phi) is 3.16. The van der Waals surface area contributed by atoms with Gasteiger partial charge < -0.3 is 10.5 Å². The molecule has 2 N–H and O–H groups in total. The van der Waals surface area contributed by atoms with E-state index in [9.17, 15) is 4.39 Å². The van der Waals surface area contributed by atoms with Crippen molar-refractivity contribution >= 4 is 5.69 Å². The predicted molar refractivity (Wildman–Crippen MR) is 75.9 cm³/mol. The van der Waals surface area contributed by atoms with Crippen LogP contribution in [0.2, 0.25) is 0 Å². The molecule has 0 aliphatic heterocycles. The summed E-state index contributed by atoms with van der Waals surface area (Å²) in [6, 6.07) is 4.65. The fraction of sp³-hybridized carbons (Fsp3) is 0.500. The zero-order valence-electron chi connectivity index (χ0n) is 12.2. The van der Waals surface area contributed by atoms with Crippen LogP contribution >= 0.6 is 0 Å². The van der Waals surface area contributed by atoms with Crippen LogP contribution in [0.15, 0.2) is 18.2 Å². The molecular formula is C14H18FN5O. The number of tetrazole rings is 1. The van der Waals surface area contributed by atoms with Gasteiger partial charge in [0.25, 0.3) is 0 Å². The van der Waals surface area contributed by atoms with E-state index in [1.165, 1.54) is 6.07 Å². The van der Waals surface area contributed by atoms with Crippen molar-refractivity contribution in [3.05, 3.63) is 24.0 Å². The topological polar surface area (TPSA) is 78.8 Å². The largest absolute Gasteiger partial charge is 0.396 e. The zero-order valence-corrected chi connectivity index (χ0v) is 12.2. The number of aromatic nitrogens is 4. The molecule has 1 aliphatic rings. The number of halogens is 1. The molecule has 0 saturated heterocycles. The molecule has 21 heavy (non-hydrogen) atoms. The van der Waals surface area contributed by atoms with Gasteiger partial charge in [-0.15, -0.1) is 5.10 Å². The van der Waals surface area contributed by atoms with Gasteiger partial charge in [-0.25, -0.2) is 9.07 Å². The molecular weight excluding hydrogens is 273 g/mol. The Morgan fingerprint density at radius 2 is 2.19 bits per heavy atom. The molecule has 0 bridgehead atoms. The third kappa shape index (κ3) is 2.08. The van der Waals surface area contributed by atoms with Gasteiger partial charge in [0.15, 0.2) is 5.82 Å². The Bertz CT molecular complexity index is 669. The lowest BCUT2D eigenvalue weighted by Gasteiger charge is -2.50. The van der Waals surface area contributed by atoms with Gasteiger partial charge in [0.1, 0.15) is 5.82 Å². The second-order valence-corrected chi connectivity index (χ2v) is 5.98. The van der Waals surface area contributed by atoms with Crippen LogP contribution in [0.4, 0.5) is 10.1 Å². The van der Waals surface area contributed by atoms with Gasteiger partial charge in [-0.1, -0.05) is 13.8 Å². The standard InChI is InChI=1S/C14H18FN5O/c1-14(2)11(7-12(14)21-3)20-13(17-18-19-20)8-4-5-9(15)10(16)6-8/h4-6,11-12H,7,16H2,1-3H3. The first-order valence-corrected chi connectivity index (χ1v) is 6.81. The molecule has 2 unspecified atom stereocenters. The average molecular weight is 291 g/mol. The van der Waals surface area contributed by atoms with Crippen molar-refractivity contribution in [3.63, 3.8) is 0 Å². The monoisotopic (exact) mass is 291 g/mol. The normalized spacial score (nSPS) is 23.8. The van der Waals surface area contributed by atoms with Gasteiger partial charge in [0, 0.05) is 18.1 Å². The molecule has 7 heteroatoms. The van der Waals surface area contributed by atoms with Gasteiger partial charge in [-0.2, -0.15) is 0 Å². The molecule has 1 fully saturated rings. The molecule has 112 valence electrons. The van der Waals surface area contributed by atoms with Crippen molar-refractivity contribution in [3.8, 4) is 11.4 Å². The Morgan fingerprint density at radius 1 is 1.43 bits per heavy atom. The highest BCUT2D eigenvalue weighted by atomic mass is 19.1. The van der Waals surface area contributed by atoms with E-state index >= 15 is 0 Å². The van der Waals surface area contributed by atoms with Crippen LogP contribution < -0.4 is 5.73 Å². The highest BCUT2D eigenvalue weighted by Crippen LogP contribution is 2.51. The highest BCUT2D eigenvalue weighted by Gasteiger charge is 2.51. The molecule has 1 heterocycles. The highest BCUT2D eigenvalue weighted by molar-refractivity contribution is 5.61. The number of hydrogen-bond donors (Lipinski definition) is 1. The summed E-state index contributed by atoms with van der Waals surface area (Å²) in [5.41, 5.74) is 6.35. The average Bonchev–Trinajstić information content (AvgIpc) is 2.90. The van der Waals surface area contributed by atoms with Crippen molar-refractivity contribution in [2.75, 3.05) is 12.8 Å². The van der Waals surface area contributed by atoms with Gasteiger partial charge in [-0.05, 0) is 35.0 Å². The fourth-order valence-corrected chi connectivity index (χ4v) is 2.96. The fourth-order valence-electron chi connectivity index (χ4n) is 2.96. The number of anilines is 1. The van der Waals surface area contributed by atoms with Crippen LogP contribution in [-0.4, -0.2) is 33.4 Å². The van der Waals surface area contributed by atoms with Crippen LogP contribution in [0.1, 0.15) is 26.3 Å². The number of nitrogen functional groups attached to an aromatic ring is 1. The minimum atomic E-state index is -0.443. The molecule has 1 aliphatic carbocycles. The lowest BCUT2D eigenvalue weighted by molar-refractivity contribution is -0.116. The van der Waals surface area contributed by atoms with Crippen LogP contribution in [0.25, 0.3) is 11.4 Å². The lowest BCUT2D eigenvalue weighted by Crippen LogP contribution is -2.51. The predicted octanol–water partition coefficient (Wildman–Crippen LogP) is 2.05. The number of hydrogen-bond acceptors (Lipinski definition) is 5. The number of ether oxygens (including phenoxy) is 1. The maximum atomic E-state index is 13.3. The molecule has 0 radical (unpaired) electrons. The van der Waals surface area contributed by atoms with E-state index in [-0.39, 0.29) is 23.2 Å². The number of methoxy groups -OCH3 is 1. The van der Waals surface area contributed by atoms with Gasteiger partial charge >= 0.3 is 0 Å². The smallest absolute Gasteiger partial charge is 0.182 e. The van der Waals surface area contributed by atoms with E-state index in [2.05, 4.69) is 29.4 Å². The zero-order chi connectivity index (χ0) is 15.2. The van der Waals surface area contributed by atoms with E-state index in [4.69, 9.17) is 10.5 Å². The van der Waals surface area contributed by atoms with Gasteiger partial charge in [0.2, 0.25) is 0 Å². The van der Waals surface area contributed by atoms with Crippen molar-refractivity contribution in [1.29, 1.82) is 0 Å². The SMILES string of the molecule is COC1CC(n2nnnc2-c2ccc(F)c(N)c2)C1(C)C. The van der Waals surface area contributed by atoms with Crippen LogP contribution in [0.3, 0.4) is 0 Å². The molecule has 0 spiro atoms. The lowest BCUT2D eigenvalue weighted by atomic mass is 9.64. The van der Waals surface area contributed by atoms with E-state index < -0.39 is 5.82 Å². The summed E-state index contributed by atoms with van der Waals surface area (Å²) < 4.78 is 20.5. The third-order valence-corrected chi connectivity index (χ3v) is 4.45. The maximum absolute atomic E-state index is 13.3.